The Bertz CT molecular complexity index is 216. The summed E-state index contributed by atoms with van der Waals surface area (Å²) < 4.78 is 10.6. The molecule has 0 spiro atoms. The van der Waals surface area contributed by atoms with Gasteiger partial charge in [0.25, 0.3) is 0 Å². The van der Waals surface area contributed by atoms with Crippen LogP contribution >= 0.6 is 0 Å². The van der Waals surface area contributed by atoms with Gasteiger partial charge in [0.05, 0.1) is 19.1 Å². The first-order valence-electron chi connectivity index (χ1n) is 8.51. The van der Waals surface area contributed by atoms with E-state index in [1.54, 1.807) is 0 Å². The Balaban J connectivity index is 3.57. The highest BCUT2D eigenvalue weighted by Gasteiger charge is 2.14. The van der Waals surface area contributed by atoms with Crippen LogP contribution in [0.25, 0.3) is 0 Å². The van der Waals surface area contributed by atoms with Gasteiger partial charge in [-0.3, -0.25) is 4.79 Å². The van der Waals surface area contributed by atoms with Gasteiger partial charge in [0.15, 0.2) is 0 Å². The summed E-state index contributed by atoms with van der Waals surface area (Å²) in [5, 5.41) is 0. The van der Waals surface area contributed by atoms with Crippen LogP contribution < -0.4 is 0 Å². The molecular formula is C17H34O3. The molecule has 0 aliphatic rings. The monoisotopic (exact) mass is 286 g/mol. The second-order valence-electron chi connectivity index (χ2n) is 5.35. The molecule has 0 heterocycles. The fourth-order valence-corrected chi connectivity index (χ4v) is 2.39. The van der Waals surface area contributed by atoms with Crippen LogP contribution in [-0.2, 0) is 14.3 Å². The van der Waals surface area contributed by atoms with E-state index in [0.29, 0.717) is 19.6 Å². The van der Waals surface area contributed by atoms with Gasteiger partial charge in [0.2, 0.25) is 0 Å². The zero-order valence-corrected chi connectivity index (χ0v) is 13.8. The Morgan fingerprint density at radius 3 is 2.00 bits per heavy atom. The molecule has 0 aromatic carbocycles. The van der Waals surface area contributed by atoms with Crippen molar-refractivity contribution in [1.82, 2.24) is 0 Å². The Morgan fingerprint density at radius 1 is 0.850 bits per heavy atom. The van der Waals surface area contributed by atoms with Gasteiger partial charge in [-0.15, -0.1) is 0 Å². The average molecular weight is 286 g/mol. The lowest BCUT2D eigenvalue weighted by atomic mass is 10.0. The molecule has 0 N–H and O–H groups in total. The van der Waals surface area contributed by atoms with Crippen LogP contribution in [0.5, 0.6) is 0 Å². The van der Waals surface area contributed by atoms with E-state index in [1.165, 1.54) is 44.9 Å². The smallest absolute Gasteiger partial charge is 0.308 e. The molecule has 1 unspecified atom stereocenters. The third kappa shape index (κ3) is 12.5. The molecular weight excluding hydrogens is 252 g/mol. The second kappa shape index (κ2) is 14.8. The molecule has 0 aromatic rings. The summed E-state index contributed by atoms with van der Waals surface area (Å²) >= 11 is 0. The van der Waals surface area contributed by atoms with Gasteiger partial charge in [-0.1, -0.05) is 58.3 Å². The first kappa shape index (κ1) is 19.4. The number of ether oxygens (including phenoxy) is 2. The summed E-state index contributed by atoms with van der Waals surface area (Å²) in [6, 6.07) is 0. The molecule has 120 valence electrons. The number of rotatable bonds is 14. The molecule has 0 rings (SSSR count). The van der Waals surface area contributed by atoms with Gasteiger partial charge in [-0.05, 0) is 20.3 Å². The first-order valence-corrected chi connectivity index (χ1v) is 8.51. The number of hydrogen-bond donors (Lipinski definition) is 0. The number of unbranched alkanes of at least 4 members (excludes halogenated alkanes) is 7. The van der Waals surface area contributed by atoms with Crippen molar-refractivity contribution in [3.63, 3.8) is 0 Å². The van der Waals surface area contributed by atoms with E-state index in [4.69, 9.17) is 9.47 Å². The summed E-state index contributed by atoms with van der Waals surface area (Å²) in [6.45, 7) is 7.19. The van der Waals surface area contributed by atoms with Gasteiger partial charge >= 0.3 is 5.97 Å². The highest BCUT2D eigenvalue weighted by atomic mass is 16.5. The van der Waals surface area contributed by atoms with Crippen LogP contribution in [0.3, 0.4) is 0 Å². The Kier molecular flexibility index (Phi) is 14.4. The highest BCUT2D eigenvalue weighted by Crippen LogP contribution is 2.14. The van der Waals surface area contributed by atoms with E-state index in [0.717, 1.165) is 12.8 Å². The Morgan fingerprint density at radius 2 is 1.45 bits per heavy atom. The third-order valence-electron chi connectivity index (χ3n) is 3.48. The van der Waals surface area contributed by atoms with Gasteiger partial charge in [0, 0.05) is 6.61 Å². The van der Waals surface area contributed by atoms with Crippen LogP contribution in [0.1, 0.15) is 85.0 Å². The number of carbonyl (C=O) groups excluding carboxylic acids is 1. The lowest BCUT2D eigenvalue weighted by Gasteiger charge is -2.16. The number of hydrogen-bond acceptors (Lipinski definition) is 3. The van der Waals surface area contributed by atoms with Crippen LogP contribution in [0.15, 0.2) is 0 Å². The highest BCUT2D eigenvalue weighted by molar-refractivity contribution is 5.69. The van der Waals surface area contributed by atoms with Crippen molar-refractivity contribution in [1.29, 1.82) is 0 Å². The molecule has 0 amide bonds. The maximum Gasteiger partial charge on any atom is 0.308 e. The maximum absolute atomic E-state index is 11.5. The van der Waals surface area contributed by atoms with Crippen LogP contribution in [0, 0.1) is 0 Å². The van der Waals surface area contributed by atoms with E-state index >= 15 is 0 Å². The molecule has 0 saturated carbocycles. The zero-order valence-electron chi connectivity index (χ0n) is 13.8. The van der Waals surface area contributed by atoms with Crippen LogP contribution in [0.4, 0.5) is 0 Å². The van der Waals surface area contributed by atoms with E-state index in [1.807, 2.05) is 13.8 Å². The van der Waals surface area contributed by atoms with E-state index < -0.39 is 0 Å². The Hall–Kier alpha value is -0.570. The normalized spacial score (nSPS) is 12.3. The molecule has 0 aromatic heterocycles. The number of carbonyl (C=O) groups is 1. The van der Waals surface area contributed by atoms with Crippen LogP contribution in [-0.4, -0.2) is 25.3 Å². The molecule has 0 aliphatic carbocycles. The molecule has 0 radical (unpaired) electrons. The van der Waals surface area contributed by atoms with Gasteiger partial charge in [-0.2, -0.15) is 0 Å². The molecule has 0 fully saturated rings. The quantitative estimate of drug-likeness (QED) is 0.337. The predicted molar refractivity (Wildman–Crippen MR) is 83.9 cm³/mol. The minimum Gasteiger partial charge on any atom is -0.466 e. The minimum absolute atomic E-state index is 0.0409. The van der Waals surface area contributed by atoms with Crippen molar-refractivity contribution >= 4 is 5.97 Å². The number of esters is 1. The molecule has 3 heteroatoms. The molecule has 0 aliphatic heterocycles. The fourth-order valence-electron chi connectivity index (χ4n) is 2.39. The lowest BCUT2D eigenvalue weighted by molar-refractivity contribution is -0.146. The fraction of sp³-hybridized carbons (Fsp3) is 0.941. The van der Waals surface area contributed by atoms with Gasteiger partial charge in [0.1, 0.15) is 0 Å². The largest absolute Gasteiger partial charge is 0.466 e. The molecule has 20 heavy (non-hydrogen) atoms. The second-order valence-corrected chi connectivity index (χ2v) is 5.35. The van der Waals surface area contributed by atoms with Gasteiger partial charge < -0.3 is 9.47 Å². The predicted octanol–water partition coefficient (Wildman–Crippen LogP) is 4.88. The third-order valence-corrected chi connectivity index (χ3v) is 3.48. The summed E-state index contributed by atoms with van der Waals surface area (Å²) in [4.78, 5) is 11.5. The summed E-state index contributed by atoms with van der Waals surface area (Å²) in [6.07, 6.45) is 11.9. The van der Waals surface area contributed by atoms with Crippen molar-refractivity contribution in [2.45, 2.75) is 91.1 Å². The van der Waals surface area contributed by atoms with Crippen molar-refractivity contribution in [2.75, 3.05) is 13.2 Å². The van der Waals surface area contributed by atoms with E-state index in [9.17, 15) is 4.79 Å². The topological polar surface area (TPSA) is 35.5 Å². The average Bonchev–Trinajstić information content (AvgIpc) is 2.42. The molecule has 0 bridgehead atoms. The summed E-state index contributed by atoms with van der Waals surface area (Å²) in [7, 11) is 0. The lowest BCUT2D eigenvalue weighted by Crippen LogP contribution is -2.19. The zero-order chi connectivity index (χ0) is 15.1. The van der Waals surface area contributed by atoms with Crippen molar-refractivity contribution < 1.29 is 14.3 Å². The van der Waals surface area contributed by atoms with Crippen molar-refractivity contribution in [2.24, 2.45) is 0 Å². The molecule has 0 saturated heterocycles. The Labute approximate surface area is 125 Å². The van der Waals surface area contributed by atoms with Crippen LogP contribution in [0.2, 0.25) is 0 Å². The van der Waals surface area contributed by atoms with Gasteiger partial charge in [-0.25, -0.2) is 0 Å². The first-order chi connectivity index (χ1) is 9.74. The van der Waals surface area contributed by atoms with Crippen molar-refractivity contribution in [3.05, 3.63) is 0 Å². The summed E-state index contributed by atoms with van der Waals surface area (Å²) in [5.41, 5.74) is 0. The standard InChI is InChI=1S/C17H34O3/c1-4-7-8-9-10-11-12-13-14-16(19-5-2)15-17(18)20-6-3/h16H,4-15H2,1-3H3. The van der Waals surface area contributed by atoms with E-state index in [2.05, 4.69) is 6.92 Å². The minimum atomic E-state index is -0.134. The molecule has 3 nitrogen and oxygen atoms in total. The SMILES string of the molecule is CCCCCCCCCCC(CC(=O)OCC)OCC. The van der Waals surface area contributed by atoms with E-state index in [-0.39, 0.29) is 12.1 Å². The summed E-state index contributed by atoms with van der Waals surface area (Å²) in [5.74, 6) is -0.134. The maximum atomic E-state index is 11.5. The molecule has 1 atom stereocenters. The van der Waals surface area contributed by atoms with Crippen molar-refractivity contribution in [3.8, 4) is 0 Å².